The second-order valence-corrected chi connectivity index (χ2v) is 8.32. The molecule has 1 fully saturated rings. The second kappa shape index (κ2) is 9.89. The highest BCUT2D eigenvalue weighted by Gasteiger charge is 2.39. The highest BCUT2D eigenvalue weighted by atomic mass is 16.3. The molecule has 1 heterocycles. The number of rotatable bonds is 7. The Morgan fingerprint density at radius 1 is 1.27 bits per heavy atom. The standard InChI is InChI=1S/C23H32N4O3/c1-18(28)25-16-23(19-6-4-3-5-7-19)11-8-20(21(29)9-12-23)26(2)22(30)10-14-27-15-13-24-17-27/h3-7,13,15,17,20-21,29H,8-12,14,16H2,1-2H3,(H,25,28)/t20-,21-,23+/m0/s1. The summed E-state index contributed by atoms with van der Waals surface area (Å²) in [6.45, 7) is 2.63. The van der Waals surface area contributed by atoms with Crippen LogP contribution in [0.4, 0.5) is 0 Å². The van der Waals surface area contributed by atoms with E-state index in [2.05, 4.69) is 22.4 Å². The predicted octanol–water partition coefficient (Wildman–Crippen LogP) is 2.11. The van der Waals surface area contributed by atoms with E-state index >= 15 is 0 Å². The van der Waals surface area contributed by atoms with Crippen molar-refractivity contribution in [2.45, 2.75) is 63.1 Å². The number of carbonyl (C=O) groups excluding carboxylic acids is 2. The molecule has 7 nitrogen and oxygen atoms in total. The minimum Gasteiger partial charge on any atom is -0.391 e. The molecule has 2 aromatic rings. The first kappa shape index (κ1) is 22.0. The van der Waals surface area contributed by atoms with E-state index in [0.29, 0.717) is 32.4 Å². The third kappa shape index (κ3) is 5.27. The minimum atomic E-state index is -0.588. The number of aliphatic hydroxyl groups is 1. The van der Waals surface area contributed by atoms with E-state index in [1.807, 2.05) is 29.0 Å². The van der Waals surface area contributed by atoms with Crippen LogP contribution in [0.3, 0.4) is 0 Å². The molecule has 3 rings (SSSR count). The number of imidazole rings is 1. The average molecular weight is 413 g/mol. The maximum atomic E-state index is 12.8. The summed E-state index contributed by atoms with van der Waals surface area (Å²) in [6, 6.07) is 9.95. The van der Waals surface area contributed by atoms with Gasteiger partial charge in [0.05, 0.1) is 18.5 Å². The van der Waals surface area contributed by atoms with E-state index in [4.69, 9.17) is 0 Å². The monoisotopic (exact) mass is 412 g/mol. The van der Waals surface area contributed by atoms with Crippen molar-refractivity contribution >= 4 is 11.8 Å². The fourth-order valence-electron chi connectivity index (χ4n) is 4.47. The molecule has 2 N–H and O–H groups in total. The summed E-state index contributed by atoms with van der Waals surface area (Å²) in [4.78, 5) is 30.1. The fraction of sp³-hybridized carbons (Fsp3) is 0.522. The van der Waals surface area contributed by atoms with Gasteiger partial charge in [-0.2, -0.15) is 0 Å². The number of hydrogen-bond acceptors (Lipinski definition) is 4. The summed E-state index contributed by atoms with van der Waals surface area (Å²) >= 11 is 0. The van der Waals surface area contributed by atoms with Gasteiger partial charge in [-0.1, -0.05) is 30.3 Å². The number of likely N-dealkylation sites (N-methyl/N-ethyl adjacent to an activating group) is 1. The van der Waals surface area contributed by atoms with Crippen LogP contribution in [0.25, 0.3) is 0 Å². The van der Waals surface area contributed by atoms with Crippen LogP contribution in [0.5, 0.6) is 0 Å². The number of hydrogen-bond donors (Lipinski definition) is 2. The highest BCUT2D eigenvalue weighted by Crippen LogP contribution is 2.39. The molecule has 0 aliphatic heterocycles. The molecule has 30 heavy (non-hydrogen) atoms. The summed E-state index contributed by atoms with van der Waals surface area (Å²) in [5.41, 5.74) is 0.921. The molecule has 2 amide bonds. The maximum Gasteiger partial charge on any atom is 0.224 e. The summed E-state index contributed by atoms with van der Waals surface area (Å²) in [5, 5.41) is 13.9. The molecule has 0 saturated heterocycles. The molecule has 7 heteroatoms. The van der Waals surface area contributed by atoms with Gasteiger partial charge in [0.25, 0.3) is 0 Å². The number of benzene rings is 1. The second-order valence-electron chi connectivity index (χ2n) is 8.32. The predicted molar refractivity (Wildman–Crippen MR) is 115 cm³/mol. The van der Waals surface area contributed by atoms with Gasteiger partial charge >= 0.3 is 0 Å². The lowest BCUT2D eigenvalue weighted by Gasteiger charge is -2.34. The van der Waals surface area contributed by atoms with Crippen LogP contribution in [0.1, 0.15) is 44.6 Å². The molecule has 0 unspecified atom stereocenters. The van der Waals surface area contributed by atoms with Gasteiger partial charge in [-0.25, -0.2) is 4.98 Å². The molecular weight excluding hydrogens is 380 g/mol. The van der Waals surface area contributed by atoms with Crippen molar-refractivity contribution in [3.63, 3.8) is 0 Å². The molecule has 0 spiro atoms. The molecule has 0 radical (unpaired) electrons. The third-order valence-electron chi connectivity index (χ3n) is 6.38. The maximum absolute atomic E-state index is 12.8. The number of nitrogens with zero attached hydrogens (tertiary/aromatic N) is 3. The molecule has 1 aliphatic rings. The first-order valence-electron chi connectivity index (χ1n) is 10.6. The van der Waals surface area contributed by atoms with E-state index < -0.39 is 6.10 Å². The van der Waals surface area contributed by atoms with E-state index in [-0.39, 0.29) is 23.3 Å². The first-order chi connectivity index (χ1) is 14.4. The summed E-state index contributed by atoms with van der Waals surface area (Å²) in [6.07, 6.45) is 7.82. The Bertz CT molecular complexity index is 824. The Kier molecular flexibility index (Phi) is 7.26. The topological polar surface area (TPSA) is 87.5 Å². The van der Waals surface area contributed by atoms with Crippen molar-refractivity contribution in [1.29, 1.82) is 0 Å². The third-order valence-corrected chi connectivity index (χ3v) is 6.38. The average Bonchev–Trinajstić information content (AvgIpc) is 3.21. The molecule has 3 atom stereocenters. The van der Waals surface area contributed by atoms with Gasteiger partial charge in [0.2, 0.25) is 11.8 Å². The van der Waals surface area contributed by atoms with E-state index in [0.717, 1.165) is 12.8 Å². The number of amides is 2. The number of aryl methyl sites for hydroxylation is 1. The molecule has 1 aliphatic carbocycles. The van der Waals surface area contributed by atoms with Crippen LogP contribution in [-0.4, -0.2) is 57.1 Å². The Labute approximate surface area is 178 Å². The normalized spacial score (nSPS) is 24.1. The number of carbonyl (C=O) groups is 2. The van der Waals surface area contributed by atoms with Crippen molar-refractivity contribution in [3.8, 4) is 0 Å². The SMILES string of the molecule is CC(=O)NC[C@]1(c2ccccc2)CC[C@H](O)[C@@H](N(C)C(=O)CCn2ccnc2)CC1. The van der Waals surface area contributed by atoms with Crippen molar-refractivity contribution in [2.24, 2.45) is 0 Å². The van der Waals surface area contributed by atoms with Crippen molar-refractivity contribution < 1.29 is 14.7 Å². The Balaban J connectivity index is 1.71. The van der Waals surface area contributed by atoms with E-state index in [9.17, 15) is 14.7 Å². The van der Waals surface area contributed by atoms with Crippen LogP contribution < -0.4 is 5.32 Å². The van der Waals surface area contributed by atoms with Gasteiger partial charge in [0, 0.05) is 51.3 Å². The summed E-state index contributed by atoms with van der Waals surface area (Å²) < 4.78 is 1.88. The van der Waals surface area contributed by atoms with Crippen molar-refractivity contribution in [2.75, 3.05) is 13.6 Å². The van der Waals surface area contributed by atoms with Gasteiger partial charge in [-0.05, 0) is 31.2 Å². The number of nitrogens with one attached hydrogen (secondary N) is 1. The molecule has 162 valence electrons. The fourth-order valence-corrected chi connectivity index (χ4v) is 4.47. The van der Waals surface area contributed by atoms with Crippen LogP contribution in [-0.2, 0) is 21.5 Å². The lowest BCUT2D eigenvalue weighted by molar-refractivity contribution is -0.134. The lowest BCUT2D eigenvalue weighted by atomic mass is 9.74. The molecule has 1 aromatic carbocycles. The number of aliphatic hydroxyl groups excluding tert-OH is 1. The lowest BCUT2D eigenvalue weighted by Crippen LogP contribution is -2.44. The van der Waals surface area contributed by atoms with Gasteiger partial charge < -0.3 is 19.9 Å². The quantitative estimate of drug-likeness (QED) is 0.682. The largest absolute Gasteiger partial charge is 0.391 e. The van der Waals surface area contributed by atoms with E-state index in [1.165, 1.54) is 12.5 Å². The zero-order valence-corrected chi connectivity index (χ0v) is 17.8. The molecule has 1 aromatic heterocycles. The van der Waals surface area contributed by atoms with Crippen LogP contribution in [0.2, 0.25) is 0 Å². The van der Waals surface area contributed by atoms with Crippen LogP contribution in [0, 0.1) is 0 Å². The van der Waals surface area contributed by atoms with Gasteiger partial charge in [-0.15, -0.1) is 0 Å². The van der Waals surface area contributed by atoms with Crippen LogP contribution in [0.15, 0.2) is 49.1 Å². The number of aromatic nitrogens is 2. The van der Waals surface area contributed by atoms with Crippen molar-refractivity contribution in [3.05, 3.63) is 54.6 Å². The van der Waals surface area contributed by atoms with Crippen molar-refractivity contribution in [1.82, 2.24) is 19.8 Å². The van der Waals surface area contributed by atoms with Gasteiger partial charge in [-0.3, -0.25) is 9.59 Å². The Morgan fingerprint density at radius 3 is 2.67 bits per heavy atom. The minimum absolute atomic E-state index is 0.0156. The highest BCUT2D eigenvalue weighted by molar-refractivity contribution is 5.76. The zero-order chi connectivity index (χ0) is 21.6. The van der Waals surface area contributed by atoms with E-state index in [1.54, 1.807) is 24.5 Å². The molecule has 1 saturated carbocycles. The summed E-state index contributed by atoms with van der Waals surface area (Å²) in [7, 11) is 1.79. The smallest absolute Gasteiger partial charge is 0.224 e. The Hall–Kier alpha value is -2.67. The molecular formula is C23H32N4O3. The van der Waals surface area contributed by atoms with Gasteiger partial charge in [0.15, 0.2) is 0 Å². The Morgan fingerprint density at radius 2 is 2.00 bits per heavy atom. The first-order valence-corrected chi connectivity index (χ1v) is 10.6. The van der Waals surface area contributed by atoms with Gasteiger partial charge in [0.1, 0.15) is 0 Å². The molecule has 0 bridgehead atoms. The zero-order valence-electron chi connectivity index (χ0n) is 17.8. The van der Waals surface area contributed by atoms with Crippen LogP contribution >= 0.6 is 0 Å². The summed E-state index contributed by atoms with van der Waals surface area (Å²) in [5.74, 6) is -0.0414.